The van der Waals surface area contributed by atoms with Crippen molar-refractivity contribution >= 4 is 11.9 Å². The van der Waals surface area contributed by atoms with Crippen molar-refractivity contribution < 1.29 is 14.3 Å². The lowest BCUT2D eigenvalue weighted by molar-refractivity contribution is -0.121. The van der Waals surface area contributed by atoms with Gasteiger partial charge in [0.1, 0.15) is 6.10 Å². The zero-order valence-electron chi connectivity index (χ0n) is 18.0. The highest BCUT2D eigenvalue weighted by molar-refractivity contribution is 5.81. The number of nitrogens with one attached hydrogen (secondary N) is 3. The van der Waals surface area contributed by atoms with Crippen LogP contribution in [0, 0.1) is 0 Å². The van der Waals surface area contributed by atoms with Crippen LogP contribution in [0.15, 0.2) is 29.3 Å². The molecule has 0 heterocycles. The van der Waals surface area contributed by atoms with Crippen LogP contribution in [0.1, 0.15) is 52.4 Å². The number of carbonyl (C=O) groups excluding carboxylic acids is 1. The molecule has 7 heteroatoms. The van der Waals surface area contributed by atoms with Crippen LogP contribution in [0.2, 0.25) is 0 Å². The number of carbonyl (C=O) groups is 1. The zero-order valence-corrected chi connectivity index (χ0v) is 18.0. The minimum Gasteiger partial charge on any atom is -0.493 e. The van der Waals surface area contributed by atoms with E-state index in [1.165, 1.54) is 19.3 Å². The summed E-state index contributed by atoms with van der Waals surface area (Å²) in [6, 6.07) is 7.93. The van der Waals surface area contributed by atoms with Crippen LogP contribution in [-0.2, 0) is 4.79 Å². The Bertz CT molecular complexity index is 645. The van der Waals surface area contributed by atoms with Gasteiger partial charge in [-0.15, -0.1) is 0 Å². The molecule has 1 fully saturated rings. The normalized spacial score (nSPS) is 16.0. The fourth-order valence-corrected chi connectivity index (χ4v) is 3.37. The Labute approximate surface area is 174 Å². The second-order valence-corrected chi connectivity index (χ2v) is 7.38. The summed E-state index contributed by atoms with van der Waals surface area (Å²) in [7, 11) is 1.63. The fraction of sp³-hybridized carbons (Fsp3) is 0.636. The molecule has 29 heavy (non-hydrogen) atoms. The summed E-state index contributed by atoms with van der Waals surface area (Å²) in [5, 5.41) is 9.58. The van der Waals surface area contributed by atoms with Gasteiger partial charge in [-0.3, -0.25) is 4.79 Å². The van der Waals surface area contributed by atoms with Crippen molar-refractivity contribution in [2.75, 3.05) is 26.7 Å². The molecule has 1 aromatic carbocycles. The highest BCUT2D eigenvalue weighted by Crippen LogP contribution is 2.26. The molecule has 1 amide bonds. The molecule has 0 radical (unpaired) electrons. The number of benzene rings is 1. The molecule has 1 atom stereocenters. The van der Waals surface area contributed by atoms with E-state index in [9.17, 15) is 4.79 Å². The minimum absolute atomic E-state index is 0.105. The third-order valence-corrected chi connectivity index (χ3v) is 4.86. The first kappa shape index (κ1) is 22.8. The standard InChI is InChI=1S/C22H36N4O3/c1-4-23-22(24-15-14-21(27)26-18-10-6-5-7-11-18)25-16-17(2)29-20-13-9-8-12-19(20)28-3/h8-9,12-13,17-18H,4-7,10-11,14-16H2,1-3H3,(H,26,27)(H2,23,24,25). The van der Waals surface area contributed by atoms with Crippen molar-refractivity contribution in [3.8, 4) is 11.5 Å². The van der Waals surface area contributed by atoms with Gasteiger partial charge in [0.05, 0.1) is 13.7 Å². The van der Waals surface area contributed by atoms with E-state index in [0.29, 0.717) is 43.0 Å². The number of methoxy groups -OCH3 is 1. The number of para-hydroxylation sites is 2. The molecular weight excluding hydrogens is 368 g/mol. The molecule has 1 unspecified atom stereocenters. The lowest BCUT2D eigenvalue weighted by atomic mass is 9.95. The first-order chi connectivity index (χ1) is 14.1. The quantitative estimate of drug-likeness (QED) is 0.413. The Morgan fingerprint density at radius 2 is 1.90 bits per heavy atom. The number of ether oxygens (including phenoxy) is 2. The molecule has 162 valence electrons. The van der Waals surface area contributed by atoms with E-state index >= 15 is 0 Å². The molecule has 1 aliphatic rings. The highest BCUT2D eigenvalue weighted by atomic mass is 16.5. The molecule has 7 nitrogen and oxygen atoms in total. The van der Waals surface area contributed by atoms with Crippen molar-refractivity contribution in [1.82, 2.24) is 16.0 Å². The Kier molecular flexibility index (Phi) is 10.2. The number of hydrogen-bond donors (Lipinski definition) is 3. The third kappa shape index (κ3) is 8.62. The van der Waals surface area contributed by atoms with Gasteiger partial charge in [0.2, 0.25) is 5.91 Å². The van der Waals surface area contributed by atoms with Gasteiger partial charge in [-0.25, -0.2) is 4.99 Å². The monoisotopic (exact) mass is 404 g/mol. The van der Waals surface area contributed by atoms with Crippen LogP contribution in [-0.4, -0.2) is 50.8 Å². The Balaban J connectivity index is 1.75. The topological polar surface area (TPSA) is 84.0 Å². The van der Waals surface area contributed by atoms with Gasteiger partial charge in [0.25, 0.3) is 0 Å². The first-order valence-electron chi connectivity index (χ1n) is 10.7. The van der Waals surface area contributed by atoms with E-state index in [2.05, 4.69) is 20.9 Å². The number of amides is 1. The van der Waals surface area contributed by atoms with E-state index < -0.39 is 0 Å². The second-order valence-electron chi connectivity index (χ2n) is 7.38. The van der Waals surface area contributed by atoms with Crippen LogP contribution in [0.25, 0.3) is 0 Å². The number of rotatable bonds is 10. The predicted molar refractivity (Wildman–Crippen MR) is 117 cm³/mol. The van der Waals surface area contributed by atoms with Crippen molar-refractivity contribution in [3.05, 3.63) is 24.3 Å². The molecule has 1 saturated carbocycles. The van der Waals surface area contributed by atoms with Crippen molar-refractivity contribution in [2.45, 2.75) is 64.5 Å². The maximum atomic E-state index is 12.1. The van der Waals surface area contributed by atoms with Gasteiger partial charge in [0, 0.05) is 25.6 Å². The van der Waals surface area contributed by atoms with E-state index in [0.717, 1.165) is 19.4 Å². The summed E-state index contributed by atoms with van der Waals surface area (Å²) in [6.07, 6.45) is 6.26. The molecule has 0 spiro atoms. The van der Waals surface area contributed by atoms with Crippen LogP contribution in [0.5, 0.6) is 11.5 Å². The third-order valence-electron chi connectivity index (χ3n) is 4.86. The SMILES string of the molecule is CCNC(=NCC(C)Oc1ccccc1OC)NCCC(=O)NC1CCCCC1. The number of aliphatic imine (C=N–C) groups is 1. The van der Waals surface area contributed by atoms with Gasteiger partial charge in [0.15, 0.2) is 17.5 Å². The number of hydrogen-bond acceptors (Lipinski definition) is 4. The lowest BCUT2D eigenvalue weighted by Crippen LogP contribution is -2.41. The predicted octanol–water partition coefficient (Wildman–Crippen LogP) is 2.86. The molecule has 0 bridgehead atoms. The van der Waals surface area contributed by atoms with Gasteiger partial charge < -0.3 is 25.4 Å². The van der Waals surface area contributed by atoms with Gasteiger partial charge in [-0.05, 0) is 38.8 Å². The fourth-order valence-electron chi connectivity index (χ4n) is 3.37. The molecule has 1 aromatic rings. The summed E-state index contributed by atoms with van der Waals surface area (Å²) in [4.78, 5) is 16.7. The van der Waals surface area contributed by atoms with Gasteiger partial charge in [-0.1, -0.05) is 31.4 Å². The largest absolute Gasteiger partial charge is 0.493 e. The van der Waals surface area contributed by atoms with Crippen LogP contribution in [0.3, 0.4) is 0 Å². The Morgan fingerprint density at radius 1 is 1.17 bits per heavy atom. The first-order valence-corrected chi connectivity index (χ1v) is 10.7. The summed E-state index contributed by atoms with van der Waals surface area (Å²) >= 11 is 0. The molecule has 0 aromatic heterocycles. The lowest BCUT2D eigenvalue weighted by Gasteiger charge is -2.22. The average molecular weight is 405 g/mol. The Morgan fingerprint density at radius 3 is 2.59 bits per heavy atom. The molecule has 0 aliphatic heterocycles. The van der Waals surface area contributed by atoms with E-state index in [4.69, 9.17) is 9.47 Å². The van der Waals surface area contributed by atoms with E-state index in [-0.39, 0.29) is 12.0 Å². The van der Waals surface area contributed by atoms with Gasteiger partial charge >= 0.3 is 0 Å². The molecule has 2 rings (SSSR count). The maximum absolute atomic E-state index is 12.1. The zero-order chi connectivity index (χ0) is 20.9. The highest BCUT2D eigenvalue weighted by Gasteiger charge is 2.15. The van der Waals surface area contributed by atoms with Crippen LogP contribution >= 0.6 is 0 Å². The average Bonchev–Trinajstić information content (AvgIpc) is 2.73. The summed E-state index contributed by atoms with van der Waals surface area (Å²) < 4.78 is 11.3. The summed E-state index contributed by atoms with van der Waals surface area (Å²) in [5.41, 5.74) is 0. The van der Waals surface area contributed by atoms with Crippen LogP contribution in [0.4, 0.5) is 0 Å². The second kappa shape index (κ2) is 12.9. The van der Waals surface area contributed by atoms with E-state index in [1.807, 2.05) is 38.1 Å². The summed E-state index contributed by atoms with van der Waals surface area (Å²) in [5.74, 6) is 2.20. The number of nitrogens with zero attached hydrogens (tertiary/aromatic N) is 1. The minimum atomic E-state index is -0.114. The maximum Gasteiger partial charge on any atom is 0.221 e. The van der Waals surface area contributed by atoms with E-state index in [1.54, 1.807) is 7.11 Å². The van der Waals surface area contributed by atoms with Crippen molar-refractivity contribution in [1.29, 1.82) is 0 Å². The smallest absolute Gasteiger partial charge is 0.221 e. The number of guanidine groups is 1. The molecule has 3 N–H and O–H groups in total. The van der Waals surface area contributed by atoms with Crippen LogP contribution < -0.4 is 25.4 Å². The summed E-state index contributed by atoms with van der Waals surface area (Å²) in [6.45, 7) is 5.77. The Hall–Kier alpha value is -2.44. The van der Waals surface area contributed by atoms with Crippen molar-refractivity contribution in [2.24, 2.45) is 4.99 Å². The molecule has 0 saturated heterocycles. The van der Waals surface area contributed by atoms with Gasteiger partial charge in [-0.2, -0.15) is 0 Å². The molecule has 1 aliphatic carbocycles. The van der Waals surface area contributed by atoms with Crippen molar-refractivity contribution in [3.63, 3.8) is 0 Å². The molecular formula is C22H36N4O3.